The lowest BCUT2D eigenvalue weighted by molar-refractivity contribution is -0.121. The number of nitrogens with one attached hydrogen (secondary N) is 1. The van der Waals surface area contributed by atoms with E-state index in [0.29, 0.717) is 11.7 Å². The minimum absolute atomic E-state index is 0.00303. The predicted octanol–water partition coefficient (Wildman–Crippen LogP) is 3.32. The molecule has 1 aliphatic rings. The molecule has 1 aromatic heterocycles. The topological polar surface area (TPSA) is 58.4 Å². The summed E-state index contributed by atoms with van der Waals surface area (Å²) in [5.41, 5.74) is 2.73. The lowest BCUT2D eigenvalue weighted by Gasteiger charge is -2.24. The van der Waals surface area contributed by atoms with Crippen molar-refractivity contribution < 1.29 is 9.32 Å². The average Bonchev–Trinajstić information content (AvgIpc) is 3.29. The number of carbonyl (C=O) groups is 1. The van der Waals surface area contributed by atoms with Gasteiger partial charge in [-0.15, -0.1) is 0 Å². The van der Waals surface area contributed by atoms with Gasteiger partial charge in [-0.05, 0) is 31.0 Å². The molecule has 2 atom stereocenters. The zero-order valence-electron chi connectivity index (χ0n) is 14.9. The highest BCUT2D eigenvalue weighted by atomic mass is 16.5. The first kappa shape index (κ1) is 16.8. The van der Waals surface area contributed by atoms with Gasteiger partial charge in [0.25, 0.3) is 0 Å². The molecule has 0 radical (unpaired) electrons. The molecule has 0 unspecified atom stereocenters. The SMILES string of the molecule is C[C@H](c1ccccc1)N1CC[C@@H](NC(=O)Cc2noc3ccccc23)C1. The van der Waals surface area contributed by atoms with Crippen LogP contribution in [-0.2, 0) is 11.2 Å². The number of amides is 1. The molecule has 0 spiro atoms. The normalized spacial score (nSPS) is 18.9. The third-order valence-corrected chi connectivity index (χ3v) is 5.19. The first-order chi connectivity index (χ1) is 12.7. The lowest BCUT2D eigenvalue weighted by Crippen LogP contribution is -2.38. The molecule has 134 valence electrons. The van der Waals surface area contributed by atoms with Crippen molar-refractivity contribution in [3.05, 3.63) is 65.9 Å². The van der Waals surface area contributed by atoms with Gasteiger partial charge < -0.3 is 9.84 Å². The number of rotatable bonds is 5. The van der Waals surface area contributed by atoms with Crippen LogP contribution in [0.1, 0.15) is 30.6 Å². The van der Waals surface area contributed by atoms with Gasteiger partial charge >= 0.3 is 0 Å². The fourth-order valence-electron chi connectivity index (χ4n) is 3.70. The molecule has 1 fully saturated rings. The smallest absolute Gasteiger partial charge is 0.226 e. The molecular weight excluding hydrogens is 326 g/mol. The third-order valence-electron chi connectivity index (χ3n) is 5.19. The van der Waals surface area contributed by atoms with Gasteiger partial charge in [-0.1, -0.05) is 47.6 Å². The molecule has 5 nitrogen and oxygen atoms in total. The fourth-order valence-corrected chi connectivity index (χ4v) is 3.70. The quantitative estimate of drug-likeness (QED) is 0.768. The summed E-state index contributed by atoms with van der Waals surface area (Å²) in [7, 11) is 0. The summed E-state index contributed by atoms with van der Waals surface area (Å²) < 4.78 is 5.28. The molecule has 0 saturated carbocycles. The van der Waals surface area contributed by atoms with Crippen molar-refractivity contribution in [1.82, 2.24) is 15.4 Å². The summed E-state index contributed by atoms with van der Waals surface area (Å²) in [5, 5.41) is 8.11. The van der Waals surface area contributed by atoms with Crippen LogP contribution in [0.15, 0.2) is 59.1 Å². The zero-order chi connectivity index (χ0) is 17.9. The van der Waals surface area contributed by atoms with Crippen LogP contribution in [0.4, 0.5) is 0 Å². The van der Waals surface area contributed by atoms with E-state index in [9.17, 15) is 4.79 Å². The summed E-state index contributed by atoms with van der Waals surface area (Å²) in [6, 6.07) is 18.7. The van der Waals surface area contributed by atoms with E-state index in [-0.39, 0.29) is 18.4 Å². The number of hydrogen-bond acceptors (Lipinski definition) is 4. The molecule has 3 aromatic rings. The minimum atomic E-state index is 0.00303. The number of carbonyl (C=O) groups excluding carboxylic acids is 1. The van der Waals surface area contributed by atoms with Crippen molar-refractivity contribution in [3.8, 4) is 0 Å². The average molecular weight is 349 g/mol. The Labute approximate surface area is 153 Å². The second-order valence-corrected chi connectivity index (χ2v) is 6.94. The van der Waals surface area contributed by atoms with E-state index in [1.54, 1.807) is 0 Å². The molecule has 4 rings (SSSR count). The Kier molecular flexibility index (Phi) is 4.71. The summed E-state index contributed by atoms with van der Waals surface area (Å²) in [6.45, 7) is 4.09. The Morgan fingerprint density at radius 2 is 2.00 bits per heavy atom. The standard InChI is InChI=1S/C21H23N3O2/c1-15(16-7-3-2-4-8-16)24-12-11-17(14-24)22-21(25)13-19-18-9-5-6-10-20(18)26-23-19/h2-10,15,17H,11-14H2,1H3,(H,22,25)/t15-,17-/m1/s1. The molecule has 2 aromatic carbocycles. The highest BCUT2D eigenvalue weighted by Gasteiger charge is 2.28. The minimum Gasteiger partial charge on any atom is -0.356 e. The first-order valence-electron chi connectivity index (χ1n) is 9.12. The molecule has 5 heteroatoms. The van der Waals surface area contributed by atoms with Crippen LogP contribution < -0.4 is 5.32 Å². The van der Waals surface area contributed by atoms with Crippen LogP contribution in [0.3, 0.4) is 0 Å². The number of fused-ring (bicyclic) bond motifs is 1. The Balaban J connectivity index is 1.34. The van der Waals surface area contributed by atoms with Crippen LogP contribution >= 0.6 is 0 Å². The monoisotopic (exact) mass is 349 g/mol. The number of nitrogens with zero attached hydrogens (tertiary/aromatic N) is 2. The molecule has 1 N–H and O–H groups in total. The number of para-hydroxylation sites is 1. The van der Waals surface area contributed by atoms with Crippen LogP contribution in [0.25, 0.3) is 11.0 Å². The van der Waals surface area contributed by atoms with Gasteiger partial charge in [-0.3, -0.25) is 9.69 Å². The predicted molar refractivity (Wildman–Crippen MR) is 101 cm³/mol. The Bertz CT molecular complexity index is 890. The summed E-state index contributed by atoms with van der Waals surface area (Å²) in [4.78, 5) is 14.9. The van der Waals surface area contributed by atoms with Crippen LogP contribution in [-0.4, -0.2) is 35.1 Å². The number of likely N-dealkylation sites (tertiary alicyclic amines) is 1. The zero-order valence-corrected chi connectivity index (χ0v) is 14.9. The molecule has 2 heterocycles. The van der Waals surface area contributed by atoms with E-state index >= 15 is 0 Å². The van der Waals surface area contributed by atoms with Crippen LogP contribution in [0, 0.1) is 0 Å². The van der Waals surface area contributed by atoms with Gasteiger partial charge in [0.2, 0.25) is 5.91 Å². The number of hydrogen-bond donors (Lipinski definition) is 1. The van der Waals surface area contributed by atoms with Crippen molar-refractivity contribution in [1.29, 1.82) is 0 Å². The van der Waals surface area contributed by atoms with Crippen LogP contribution in [0.5, 0.6) is 0 Å². The molecule has 1 amide bonds. The Morgan fingerprint density at radius 1 is 1.23 bits per heavy atom. The largest absolute Gasteiger partial charge is 0.356 e. The van der Waals surface area contributed by atoms with Crippen molar-refractivity contribution >= 4 is 16.9 Å². The molecule has 0 bridgehead atoms. The van der Waals surface area contributed by atoms with Gasteiger partial charge in [0.05, 0.1) is 6.42 Å². The van der Waals surface area contributed by atoms with Crippen LogP contribution in [0.2, 0.25) is 0 Å². The van der Waals surface area contributed by atoms with Gasteiger partial charge in [-0.25, -0.2) is 0 Å². The van der Waals surface area contributed by atoms with E-state index in [0.717, 1.165) is 30.5 Å². The highest BCUT2D eigenvalue weighted by molar-refractivity contribution is 5.86. The molecule has 1 aliphatic heterocycles. The van der Waals surface area contributed by atoms with E-state index < -0.39 is 0 Å². The molecule has 26 heavy (non-hydrogen) atoms. The molecular formula is C21H23N3O2. The second-order valence-electron chi connectivity index (χ2n) is 6.94. The van der Waals surface area contributed by atoms with Crippen molar-refractivity contribution in [2.24, 2.45) is 0 Å². The Morgan fingerprint density at radius 3 is 2.85 bits per heavy atom. The van der Waals surface area contributed by atoms with Gasteiger partial charge in [-0.2, -0.15) is 0 Å². The molecule has 1 saturated heterocycles. The Hall–Kier alpha value is -2.66. The van der Waals surface area contributed by atoms with E-state index in [4.69, 9.17) is 4.52 Å². The van der Waals surface area contributed by atoms with Crippen molar-refractivity contribution in [3.63, 3.8) is 0 Å². The van der Waals surface area contributed by atoms with Gasteiger partial charge in [0.15, 0.2) is 5.58 Å². The summed E-state index contributed by atoms with van der Waals surface area (Å²) in [6.07, 6.45) is 1.23. The number of aromatic nitrogens is 1. The molecule has 0 aliphatic carbocycles. The lowest BCUT2D eigenvalue weighted by atomic mass is 10.1. The highest BCUT2D eigenvalue weighted by Crippen LogP contribution is 2.24. The van der Waals surface area contributed by atoms with Crippen molar-refractivity contribution in [2.45, 2.75) is 31.8 Å². The second kappa shape index (κ2) is 7.30. The van der Waals surface area contributed by atoms with E-state index in [2.05, 4.69) is 46.6 Å². The maximum atomic E-state index is 12.4. The summed E-state index contributed by atoms with van der Waals surface area (Å²) in [5.74, 6) is 0.00303. The van der Waals surface area contributed by atoms with E-state index in [1.807, 2.05) is 30.3 Å². The maximum Gasteiger partial charge on any atom is 0.226 e. The first-order valence-corrected chi connectivity index (χ1v) is 9.12. The maximum absolute atomic E-state index is 12.4. The third kappa shape index (κ3) is 3.48. The summed E-state index contributed by atoms with van der Waals surface area (Å²) >= 11 is 0. The number of benzene rings is 2. The van der Waals surface area contributed by atoms with Crippen molar-refractivity contribution in [2.75, 3.05) is 13.1 Å². The van der Waals surface area contributed by atoms with Gasteiger partial charge in [0.1, 0.15) is 5.69 Å². The van der Waals surface area contributed by atoms with E-state index in [1.165, 1.54) is 5.56 Å². The van der Waals surface area contributed by atoms with Gasteiger partial charge in [0, 0.05) is 30.6 Å². The fraction of sp³-hybridized carbons (Fsp3) is 0.333.